The van der Waals surface area contributed by atoms with Gasteiger partial charge in [0, 0.05) is 0 Å². The predicted molar refractivity (Wildman–Crippen MR) is 53.2 cm³/mol. The molecule has 0 radical (unpaired) electrons. The summed E-state index contributed by atoms with van der Waals surface area (Å²) in [6, 6.07) is 7.19. The number of alkyl halides is 1. The first-order chi connectivity index (χ1) is 5.72. The Morgan fingerprint density at radius 1 is 1.17 bits per heavy atom. The van der Waals surface area contributed by atoms with E-state index in [2.05, 4.69) is 0 Å². The van der Waals surface area contributed by atoms with Gasteiger partial charge in [-0.05, 0) is 12.1 Å². The zero-order chi connectivity index (χ0) is 9.40. The third kappa shape index (κ3) is 5.42. The number of benzene rings is 1. The van der Waals surface area contributed by atoms with E-state index in [1.165, 1.54) is 0 Å². The lowest BCUT2D eigenvalue weighted by atomic mass is 10.4. The van der Waals surface area contributed by atoms with Gasteiger partial charge in [0.05, 0.1) is 15.9 Å². The molecule has 1 aromatic carbocycles. The van der Waals surface area contributed by atoms with Gasteiger partial charge in [-0.2, -0.15) is 0 Å². The number of aldehydes is 1. The zero-order valence-electron chi connectivity index (χ0n) is 6.14. The molecule has 4 heteroatoms. The maximum atomic E-state index is 9.04. The summed E-state index contributed by atoms with van der Waals surface area (Å²) in [6.45, 7) is 0. The Morgan fingerprint density at radius 3 is 1.67 bits per heavy atom. The highest BCUT2D eigenvalue weighted by molar-refractivity contribution is 6.41. The SMILES string of the molecule is Clc1ccccc1Cl.O=CCCl. The van der Waals surface area contributed by atoms with E-state index in [1.807, 2.05) is 12.1 Å². The van der Waals surface area contributed by atoms with Gasteiger partial charge in [0.2, 0.25) is 0 Å². The van der Waals surface area contributed by atoms with Crippen LogP contribution in [-0.2, 0) is 4.79 Å². The average Bonchev–Trinajstić information content (AvgIpc) is 2.11. The maximum Gasteiger partial charge on any atom is 0.134 e. The fraction of sp³-hybridized carbons (Fsp3) is 0.125. The normalized spacial score (nSPS) is 8.25. The number of carbonyl (C=O) groups is 1. The monoisotopic (exact) mass is 224 g/mol. The van der Waals surface area contributed by atoms with Crippen molar-refractivity contribution >= 4 is 41.1 Å². The third-order valence-electron chi connectivity index (χ3n) is 0.887. The van der Waals surface area contributed by atoms with E-state index < -0.39 is 0 Å². The van der Waals surface area contributed by atoms with E-state index in [1.54, 1.807) is 12.1 Å². The molecule has 0 spiro atoms. The summed E-state index contributed by atoms with van der Waals surface area (Å²) in [5, 5.41) is 1.21. The van der Waals surface area contributed by atoms with Crippen molar-refractivity contribution in [2.24, 2.45) is 0 Å². The molecule has 1 aromatic rings. The molecule has 0 atom stereocenters. The smallest absolute Gasteiger partial charge is 0.134 e. The van der Waals surface area contributed by atoms with Crippen molar-refractivity contribution in [3.63, 3.8) is 0 Å². The van der Waals surface area contributed by atoms with E-state index in [0.29, 0.717) is 16.3 Å². The quantitative estimate of drug-likeness (QED) is 0.529. The Morgan fingerprint density at radius 2 is 1.50 bits per heavy atom. The molecule has 0 saturated heterocycles. The van der Waals surface area contributed by atoms with Gasteiger partial charge in [-0.25, -0.2) is 0 Å². The fourth-order valence-electron chi connectivity index (χ4n) is 0.439. The van der Waals surface area contributed by atoms with Crippen LogP contribution in [0.25, 0.3) is 0 Å². The molecule has 0 N–H and O–H groups in total. The molecule has 0 heterocycles. The van der Waals surface area contributed by atoms with Crippen molar-refractivity contribution in [3.05, 3.63) is 34.3 Å². The van der Waals surface area contributed by atoms with Gasteiger partial charge in [-0.3, -0.25) is 0 Å². The maximum absolute atomic E-state index is 9.04. The summed E-state index contributed by atoms with van der Waals surface area (Å²) in [7, 11) is 0. The molecule has 0 unspecified atom stereocenters. The van der Waals surface area contributed by atoms with Gasteiger partial charge in [0.25, 0.3) is 0 Å². The van der Waals surface area contributed by atoms with Crippen LogP contribution in [0.2, 0.25) is 10.0 Å². The largest absolute Gasteiger partial charge is 0.302 e. The number of hydrogen-bond acceptors (Lipinski definition) is 1. The first-order valence-electron chi connectivity index (χ1n) is 3.12. The molecule has 0 aliphatic heterocycles. The standard InChI is InChI=1S/C6H4Cl2.C2H3ClO/c7-5-3-1-2-4-6(5)8;3-1-2-4/h1-4H;2H,1H2. The van der Waals surface area contributed by atoms with Crippen molar-refractivity contribution in [2.45, 2.75) is 0 Å². The highest BCUT2D eigenvalue weighted by Gasteiger charge is 1.89. The Kier molecular flexibility index (Phi) is 7.26. The minimum atomic E-state index is 0.111. The van der Waals surface area contributed by atoms with Crippen LogP contribution in [-0.4, -0.2) is 12.2 Å². The van der Waals surface area contributed by atoms with E-state index in [4.69, 9.17) is 39.6 Å². The Hall–Kier alpha value is -0.240. The van der Waals surface area contributed by atoms with Crippen LogP contribution in [0.3, 0.4) is 0 Å². The number of halogens is 3. The first-order valence-corrected chi connectivity index (χ1v) is 4.41. The van der Waals surface area contributed by atoms with Crippen LogP contribution in [0, 0.1) is 0 Å². The van der Waals surface area contributed by atoms with Gasteiger partial charge in [-0.1, -0.05) is 35.3 Å². The van der Waals surface area contributed by atoms with Crippen LogP contribution in [0.4, 0.5) is 0 Å². The van der Waals surface area contributed by atoms with Crippen LogP contribution < -0.4 is 0 Å². The molecule has 0 aromatic heterocycles. The van der Waals surface area contributed by atoms with Crippen molar-refractivity contribution < 1.29 is 4.79 Å². The summed E-state index contributed by atoms with van der Waals surface area (Å²) in [5.74, 6) is 0.111. The van der Waals surface area contributed by atoms with E-state index >= 15 is 0 Å². The van der Waals surface area contributed by atoms with Crippen molar-refractivity contribution in [1.29, 1.82) is 0 Å². The molecule has 0 bridgehead atoms. The highest BCUT2D eigenvalue weighted by Crippen LogP contribution is 2.19. The van der Waals surface area contributed by atoms with Crippen LogP contribution >= 0.6 is 34.8 Å². The lowest BCUT2D eigenvalue weighted by molar-refractivity contribution is -0.105. The van der Waals surface area contributed by atoms with Crippen molar-refractivity contribution in [3.8, 4) is 0 Å². The molecule has 0 aliphatic carbocycles. The molecule has 0 amide bonds. The Labute approximate surface area is 86.2 Å². The summed E-state index contributed by atoms with van der Waals surface area (Å²) in [4.78, 5) is 9.04. The molecule has 12 heavy (non-hydrogen) atoms. The Bertz CT molecular complexity index is 216. The third-order valence-corrected chi connectivity index (χ3v) is 1.77. The van der Waals surface area contributed by atoms with Gasteiger partial charge in [0.15, 0.2) is 0 Å². The molecule has 1 nitrogen and oxygen atoms in total. The molecule has 1 rings (SSSR count). The molecule has 0 aliphatic rings. The van der Waals surface area contributed by atoms with Crippen molar-refractivity contribution in [2.75, 3.05) is 5.88 Å². The minimum absolute atomic E-state index is 0.111. The number of rotatable bonds is 1. The second-order valence-electron chi connectivity index (χ2n) is 1.74. The molecule has 66 valence electrons. The lowest BCUT2D eigenvalue weighted by Crippen LogP contribution is -1.63. The first kappa shape index (κ1) is 11.8. The van der Waals surface area contributed by atoms with Gasteiger partial charge in [-0.15, -0.1) is 11.6 Å². The van der Waals surface area contributed by atoms with Crippen LogP contribution in [0.15, 0.2) is 24.3 Å². The zero-order valence-corrected chi connectivity index (χ0v) is 8.40. The fourth-order valence-corrected chi connectivity index (χ4v) is 0.711. The lowest BCUT2D eigenvalue weighted by Gasteiger charge is -1.88. The highest BCUT2D eigenvalue weighted by atomic mass is 35.5. The topological polar surface area (TPSA) is 17.1 Å². The molecule has 0 fully saturated rings. The van der Waals surface area contributed by atoms with Crippen LogP contribution in [0.1, 0.15) is 0 Å². The average molecular weight is 226 g/mol. The Balaban J connectivity index is 0.000000261. The second kappa shape index (κ2) is 7.41. The van der Waals surface area contributed by atoms with Gasteiger partial charge < -0.3 is 4.79 Å². The molecule has 0 saturated carbocycles. The molecular weight excluding hydrogens is 218 g/mol. The summed E-state index contributed by atoms with van der Waals surface area (Å²) >= 11 is 16.0. The predicted octanol–water partition coefficient (Wildman–Crippen LogP) is 3.42. The van der Waals surface area contributed by atoms with Gasteiger partial charge >= 0.3 is 0 Å². The summed E-state index contributed by atoms with van der Waals surface area (Å²) in [6.07, 6.45) is 0.640. The van der Waals surface area contributed by atoms with Gasteiger partial charge in [0.1, 0.15) is 6.29 Å². The minimum Gasteiger partial charge on any atom is -0.302 e. The van der Waals surface area contributed by atoms with E-state index in [-0.39, 0.29) is 5.88 Å². The summed E-state index contributed by atoms with van der Waals surface area (Å²) in [5.41, 5.74) is 0. The van der Waals surface area contributed by atoms with Crippen LogP contribution in [0.5, 0.6) is 0 Å². The van der Waals surface area contributed by atoms with Crippen molar-refractivity contribution in [1.82, 2.24) is 0 Å². The van der Waals surface area contributed by atoms with E-state index in [0.717, 1.165) is 0 Å². The van der Waals surface area contributed by atoms with E-state index in [9.17, 15) is 0 Å². The molecular formula is C8H7Cl3O. The second-order valence-corrected chi connectivity index (χ2v) is 2.86. The number of hydrogen-bond donors (Lipinski definition) is 0. The summed E-state index contributed by atoms with van der Waals surface area (Å²) < 4.78 is 0. The number of carbonyl (C=O) groups excluding carboxylic acids is 1.